The minimum absolute atomic E-state index is 0.966. The van der Waals surface area contributed by atoms with Crippen molar-refractivity contribution in [2.45, 2.75) is 6.10 Å². The molecule has 0 radical (unpaired) electrons. The second kappa shape index (κ2) is 3.74. The van der Waals surface area contributed by atoms with E-state index < -0.39 is 32.0 Å². The summed E-state index contributed by atoms with van der Waals surface area (Å²) in [5.41, 5.74) is 0. The van der Waals surface area contributed by atoms with E-state index in [2.05, 4.69) is 3.82 Å². The molecule has 0 aromatic carbocycles. The molecule has 66 valence electrons. The van der Waals surface area contributed by atoms with E-state index in [1.807, 2.05) is 0 Å². The molecule has 1 unspecified atom stereocenters. The quantitative estimate of drug-likeness (QED) is 0.449. The second-order valence-corrected chi connectivity index (χ2v) is 3.67. The first-order valence-electron chi connectivity index (χ1n) is 2.36. The van der Waals surface area contributed by atoms with Crippen molar-refractivity contribution in [3.8, 4) is 0 Å². The Morgan fingerprint density at radius 2 is 2.00 bits per heavy atom. The SMILES string of the molecule is O=C(O[Se](=O)(=O)O)C(O)CO. The third-order valence-corrected chi connectivity index (χ3v) is 1.42. The molecule has 0 rings (SSSR count). The predicted molar refractivity (Wildman–Crippen MR) is 28.5 cm³/mol. The van der Waals surface area contributed by atoms with E-state index in [9.17, 15) is 12.5 Å². The first-order chi connectivity index (χ1) is 4.87. The van der Waals surface area contributed by atoms with Crippen LogP contribution in [0, 0.1) is 0 Å². The molecule has 0 saturated heterocycles. The van der Waals surface area contributed by atoms with Crippen LogP contribution in [0.5, 0.6) is 0 Å². The van der Waals surface area contributed by atoms with E-state index in [0.717, 1.165) is 0 Å². The van der Waals surface area contributed by atoms with Crippen molar-refractivity contribution in [3.05, 3.63) is 0 Å². The molecule has 1 atom stereocenters. The summed E-state index contributed by atoms with van der Waals surface area (Å²) in [5, 5.41) is 16.5. The van der Waals surface area contributed by atoms with Crippen LogP contribution < -0.4 is 0 Å². The summed E-state index contributed by atoms with van der Waals surface area (Å²) < 4.78 is 31.0. The van der Waals surface area contributed by atoms with Gasteiger partial charge in [-0.2, -0.15) is 0 Å². The van der Waals surface area contributed by atoms with Crippen molar-refractivity contribution in [1.82, 2.24) is 0 Å². The topological polar surface area (TPSA) is 121 Å². The Morgan fingerprint density at radius 3 is 2.27 bits per heavy atom. The Labute approximate surface area is 63.5 Å². The summed E-state index contributed by atoms with van der Waals surface area (Å²) in [6.07, 6.45) is -1.94. The van der Waals surface area contributed by atoms with Gasteiger partial charge >= 0.3 is 62.7 Å². The summed E-state index contributed by atoms with van der Waals surface area (Å²) in [7, 11) is 0. The molecule has 0 spiro atoms. The van der Waals surface area contributed by atoms with Crippen molar-refractivity contribution < 1.29 is 30.7 Å². The van der Waals surface area contributed by atoms with Gasteiger partial charge in [-0.3, -0.25) is 0 Å². The van der Waals surface area contributed by atoms with E-state index in [-0.39, 0.29) is 0 Å². The van der Waals surface area contributed by atoms with Gasteiger partial charge in [-0.15, -0.1) is 0 Å². The standard InChI is InChI=1S/C3H6O7Se/c4-1-2(5)3(6)10-11(7,8)9/h2,4-5H,1H2,(H,7,8,9). The number of aliphatic hydroxyl groups is 2. The number of rotatable bonds is 3. The van der Waals surface area contributed by atoms with Gasteiger partial charge in [0.25, 0.3) is 0 Å². The number of carbonyl (C=O) groups is 1. The summed E-state index contributed by atoms with van der Waals surface area (Å²) in [6, 6.07) is 0. The van der Waals surface area contributed by atoms with Crippen molar-refractivity contribution >= 4 is 19.3 Å². The molecule has 0 amide bonds. The Morgan fingerprint density at radius 1 is 1.55 bits per heavy atom. The molecule has 0 aliphatic rings. The average Bonchev–Trinajstić information content (AvgIpc) is 1.82. The first-order valence-corrected chi connectivity index (χ1v) is 5.23. The van der Waals surface area contributed by atoms with Crippen LogP contribution in [0.1, 0.15) is 0 Å². The molecule has 0 aromatic heterocycles. The molecule has 0 fully saturated rings. The third kappa shape index (κ3) is 4.82. The zero-order valence-corrected chi connectivity index (χ0v) is 6.88. The zero-order valence-electron chi connectivity index (χ0n) is 5.17. The molecule has 7 nitrogen and oxygen atoms in total. The Balaban J connectivity index is 4.10. The minimum atomic E-state index is -5.58. The number of hydrogen-bond acceptors (Lipinski definition) is 6. The van der Waals surface area contributed by atoms with Crippen LogP contribution in [0.2, 0.25) is 0 Å². The van der Waals surface area contributed by atoms with E-state index in [4.69, 9.17) is 14.4 Å². The molecule has 0 aliphatic carbocycles. The number of carbonyl (C=O) groups excluding carboxylic acids is 1. The molecule has 0 aromatic rings. The Bertz CT molecular complexity index is 228. The van der Waals surface area contributed by atoms with Gasteiger partial charge < -0.3 is 0 Å². The van der Waals surface area contributed by atoms with Gasteiger partial charge in [0.15, 0.2) is 0 Å². The monoisotopic (exact) mass is 234 g/mol. The summed E-state index contributed by atoms with van der Waals surface area (Å²) >= 11 is -5.58. The van der Waals surface area contributed by atoms with Crippen molar-refractivity contribution in [2.75, 3.05) is 6.61 Å². The molecule has 0 aliphatic heterocycles. The van der Waals surface area contributed by atoms with Crippen molar-refractivity contribution in [3.63, 3.8) is 0 Å². The molecule has 3 N–H and O–H groups in total. The van der Waals surface area contributed by atoms with E-state index in [1.54, 1.807) is 0 Å². The average molecular weight is 233 g/mol. The Hall–Kier alpha value is -0.531. The maximum atomic E-state index is 10.2. The fraction of sp³-hybridized carbons (Fsp3) is 0.667. The molecule has 8 heteroatoms. The van der Waals surface area contributed by atoms with Crippen LogP contribution >= 0.6 is 0 Å². The van der Waals surface area contributed by atoms with E-state index >= 15 is 0 Å². The van der Waals surface area contributed by atoms with Crippen LogP contribution in [0.3, 0.4) is 0 Å². The zero-order chi connectivity index (χ0) is 9.07. The molecule has 0 bridgehead atoms. The van der Waals surface area contributed by atoms with Crippen LogP contribution in [-0.4, -0.2) is 46.5 Å². The van der Waals surface area contributed by atoms with Gasteiger partial charge in [0.2, 0.25) is 0 Å². The molecule has 0 saturated carbocycles. The van der Waals surface area contributed by atoms with Crippen molar-refractivity contribution in [2.24, 2.45) is 0 Å². The molecule has 0 heterocycles. The third-order valence-electron chi connectivity index (χ3n) is 0.632. The number of hydrogen-bond donors (Lipinski definition) is 3. The second-order valence-electron chi connectivity index (χ2n) is 1.53. The Kier molecular flexibility index (Phi) is 3.56. The number of aliphatic hydroxyl groups excluding tert-OH is 2. The molecular weight excluding hydrogens is 227 g/mol. The normalized spacial score (nSPS) is 14.1. The van der Waals surface area contributed by atoms with Crippen molar-refractivity contribution in [1.29, 1.82) is 0 Å². The van der Waals surface area contributed by atoms with Gasteiger partial charge in [0, 0.05) is 0 Å². The van der Waals surface area contributed by atoms with Gasteiger partial charge in [-0.1, -0.05) is 0 Å². The van der Waals surface area contributed by atoms with Gasteiger partial charge in [0.05, 0.1) is 0 Å². The summed E-state index contributed by atoms with van der Waals surface area (Å²) in [6.45, 7) is -0.966. The van der Waals surface area contributed by atoms with Crippen LogP contribution in [0.15, 0.2) is 0 Å². The van der Waals surface area contributed by atoms with Gasteiger partial charge in [0.1, 0.15) is 0 Å². The summed E-state index contributed by atoms with van der Waals surface area (Å²) in [4.78, 5) is 10.2. The first kappa shape index (κ1) is 10.5. The van der Waals surface area contributed by atoms with E-state index in [0.29, 0.717) is 0 Å². The fourth-order valence-electron chi connectivity index (χ4n) is 0.234. The van der Waals surface area contributed by atoms with Gasteiger partial charge in [-0.05, 0) is 0 Å². The summed E-state index contributed by atoms with van der Waals surface area (Å²) in [5.74, 6) is -1.60. The van der Waals surface area contributed by atoms with Gasteiger partial charge in [-0.25, -0.2) is 0 Å². The predicted octanol–water partition coefficient (Wildman–Crippen LogP) is -2.83. The van der Waals surface area contributed by atoms with Crippen LogP contribution in [0.4, 0.5) is 0 Å². The van der Waals surface area contributed by atoms with Crippen LogP contribution in [0.25, 0.3) is 0 Å². The maximum absolute atomic E-state index is 10.2. The molecular formula is C3H6O7Se. The van der Waals surface area contributed by atoms with E-state index in [1.165, 1.54) is 0 Å². The molecule has 11 heavy (non-hydrogen) atoms. The fourth-order valence-corrected chi connectivity index (χ4v) is 0.902. The van der Waals surface area contributed by atoms with Crippen LogP contribution in [-0.2, 0) is 16.3 Å².